The van der Waals surface area contributed by atoms with Crippen molar-refractivity contribution < 1.29 is 19.6 Å². The lowest BCUT2D eigenvalue weighted by Crippen LogP contribution is -2.24. The van der Waals surface area contributed by atoms with Gasteiger partial charge in [-0.3, -0.25) is 10.1 Å². The molecule has 0 aliphatic rings. The molecule has 0 fully saturated rings. The summed E-state index contributed by atoms with van der Waals surface area (Å²) in [7, 11) is 0. The van der Waals surface area contributed by atoms with Gasteiger partial charge in [-0.1, -0.05) is 6.07 Å². The quantitative estimate of drug-likeness (QED) is 0.423. The fourth-order valence-electron chi connectivity index (χ4n) is 1.05. The Morgan fingerprint density at radius 2 is 2.11 bits per heavy atom. The van der Waals surface area contributed by atoms with Gasteiger partial charge in [0.05, 0.1) is 4.92 Å². The number of rotatable bonds is 4. The molecule has 0 heterocycles. The Labute approximate surface area is 101 Å². The van der Waals surface area contributed by atoms with Crippen molar-refractivity contribution in [3.8, 4) is 0 Å². The lowest BCUT2D eigenvalue weighted by atomic mass is 10.3. The number of carbonyl (C=O) groups is 2. The summed E-state index contributed by atoms with van der Waals surface area (Å²) in [5.74, 6) is -1.20. The second kappa shape index (κ2) is 5.99. The Hall–Kier alpha value is -2.90. The molecule has 0 unspecified atom stereocenters. The standard InChI is InChI=1S/C10H9N3O5/c14-9(15)4-5-11-10(16)12-7-2-1-3-8(6-7)13(17)18/h1-6H,(H,14,15)(H2,11,12,16)/b5-4+. The Kier molecular flexibility index (Phi) is 4.38. The zero-order valence-electron chi connectivity index (χ0n) is 8.99. The SMILES string of the molecule is O=C(O)/C=C/NC(=O)Nc1cccc([N+](=O)[O-])c1. The van der Waals surface area contributed by atoms with Crippen molar-refractivity contribution in [2.75, 3.05) is 5.32 Å². The van der Waals surface area contributed by atoms with Crippen LogP contribution in [0, 0.1) is 10.1 Å². The first-order valence-corrected chi connectivity index (χ1v) is 4.70. The summed E-state index contributed by atoms with van der Waals surface area (Å²) >= 11 is 0. The second-order valence-corrected chi connectivity index (χ2v) is 3.08. The Balaban J connectivity index is 2.62. The smallest absolute Gasteiger partial charge is 0.329 e. The summed E-state index contributed by atoms with van der Waals surface area (Å²) in [6.45, 7) is 0. The minimum absolute atomic E-state index is 0.158. The van der Waals surface area contributed by atoms with Crippen molar-refractivity contribution in [2.45, 2.75) is 0 Å². The maximum absolute atomic E-state index is 11.2. The van der Waals surface area contributed by atoms with Gasteiger partial charge in [0.1, 0.15) is 0 Å². The normalized spacial score (nSPS) is 10.0. The topological polar surface area (TPSA) is 122 Å². The van der Waals surface area contributed by atoms with Crippen LogP contribution in [0.5, 0.6) is 0 Å². The minimum Gasteiger partial charge on any atom is -0.478 e. The highest BCUT2D eigenvalue weighted by Gasteiger charge is 2.07. The van der Waals surface area contributed by atoms with Gasteiger partial charge < -0.3 is 15.7 Å². The van der Waals surface area contributed by atoms with Crippen LogP contribution in [0.1, 0.15) is 0 Å². The van der Waals surface area contributed by atoms with Gasteiger partial charge in [-0.15, -0.1) is 0 Å². The summed E-state index contributed by atoms with van der Waals surface area (Å²) in [6.07, 6.45) is 1.68. The molecule has 0 aromatic heterocycles. The first kappa shape index (κ1) is 13.2. The Bertz CT molecular complexity index is 512. The molecule has 18 heavy (non-hydrogen) atoms. The van der Waals surface area contributed by atoms with Crippen LogP contribution in [-0.2, 0) is 4.79 Å². The van der Waals surface area contributed by atoms with Crippen LogP contribution in [0.4, 0.5) is 16.2 Å². The highest BCUT2D eigenvalue weighted by Crippen LogP contribution is 2.16. The van der Waals surface area contributed by atoms with Crippen molar-refractivity contribution in [1.82, 2.24) is 5.32 Å². The summed E-state index contributed by atoms with van der Waals surface area (Å²) in [5.41, 5.74) is 0.0688. The number of carboxylic acids is 1. The van der Waals surface area contributed by atoms with E-state index < -0.39 is 16.9 Å². The van der Waals surface area contributed by atoms with Crippen molar-refractivity contribution in [1.29, 1.82) is 0 Å². The van der Waals surface area contributed by atoms with E-state index in [1.165, 1.54) is 24.3 Å². The zero-order chi connectivity index (χ0) is 13.5. The summed E-state index contributed by atoms with van der Waals surface area (Å²) in [6, 6.07) is 4.65. The van der Waals surface area contributed by atoms with E-state index in [1.807, 2.05) is 0 Å². The van der Waals surface area contributed by atoms with Crippen LogP contribution in [0.25, 0.3) is 0 Å². The highest BCUT2D eigenvalue weighted by atomic mass is 16.6. The molecule has 0 aliphatic heterocycles. The number of anilines is 1. The number of nitro groups is 1. The molecule has 0 saturated carbocycles. The molecule has 1 rings (SSSR count). The molecule has 8 heteroatoms. The number of carbonyl (C=O) groups excluding carboxylic acids is 1. The number of urea groups is 1. The van der Waals surface area contributed by atoms with Crippen molar-refractivity contribution in [3.05, 3.63) is 46.7 Å². The summed E-state index contributed by atoms with van der Waals surface area (Å²) in [5, 5.41) is 23.2. The van der Waals surface area contributed by atoms with Gasteiger partial charge in [0.15, 0.2) is 0 Å². The third kappa shape index (κ3) is 4.31. The molecular formula is C10H9N3O5. The number of nitro benzene ring substituents is 1. The van der Waals surface area contributed by atoms with E-state index in [1.54, 1.807) is 0 Å². The zero-order valence-corrected chi connectivity index (χ0v) is 8.99. The number of nitrogens with zero attached hydrogens (tertiary/aromatic N) is 1. The predicted octanol–water partition coefficient (Wildman–Crippen LogP) is 1.31. The maximum atomic E-state index is 11.2. The van der Waals surface area contributed by atoms with Crippen LogP contribution in [-0.4, -0.2) is 22.0 Å². The summed E-state index contributed by atoms with van der Waals surface area (Å²) in [4.78, 5) is 31.3. The number of benzene rings is 1. The van der Waals surface area contributed by atoms with E-state index >= 15 is 0 Å². The number of nitrogens with one attached hydrogen (secondary N) is 2. The molecule has 0 spiro atoms. The molecule has 0 saturated heterocycles. The molecule has 94 valence electrons. The number of hydrogen-bond acceptors (Lipinski definition) is 4. The lowest BCUT2D eigenvalue weighted by Gasteiger charge is -2.03. The third-order valence-electron chi connectivity index (χ3n) is 1.76. The average molecular weight is 251 g/mol. The highest BCUT2D eigenvalue weighted by molar-refractivity contribution is 5.91. The van der Waals surface area contributed by atoms with Gasteiger partial charge >= 0.3 is 12.0 Å². The van der Waals surface area contributed by atoms with Crippen LogP contribution < -0.4 is 10.6 Å². The molecule has 8 nitrogen and oxygen atoms in total. The van der Waals surface area contributed by atoms with Crippen molar-refractivity contribution >= 4 is 23.4 Å². The molecule has 3 N–H and O–H groups in total. The van der Waals surface area contributed by atoms with Crippen LogP contribution >= 0.6 is 0 Å². The van der Waals surface area contributed by atoms with Crippen molar-refractivity contribution in [2.24, 2.45) is 0 Å². The average Bonchev–Trinajstić information content (AvgIpc) is 2.28. The molecule has 0 aliphatic carbocycles. The lowest BCUT2D eigenvalue weighted by molar-refractivity contribution is -0.384. The first-order valence-electron chi connectivity index (χ1n) is 4.70. The Morgan fingerprint density at radius 3 is 2.72 bits per heavy atom. The number of aliphatic carboxylic acids is 1. The van der Waals surface area contributed by atoms with Gasteiger partial charge in [0.25, 0.3) is 5.69 Å². The van der Waals surface area contributed by atoms with E-state index in [4.69, 9.17) is 5.11 Å². The van der Waals surface area contributed by atoms with E-state index in [2.05, 4.69) is 10.6 Å². The molecule has 2 amide bonds. The molecule has 0 atom stereocenters. The monoisotopic (exact) mass is 251 g/mol. The van der Waals surface area contributed by atoms with Gasteiger partial charge in [-0.25, -0.2) is 9.59 Å². The van der Waals surface area contributed by atoms with Gasteiger partial charge in [0, 0.05) is 30.1 Å². The van der Waals surface area contributed by atoms with E-state index in [9.17, 15) is 19.7 Å². The number of amides is 2. The Morgan fingerprint density at radius 1 is 1.39 bits per heavy atom. The molecule has 1 aromatic rings. The minimum atomic E-state index is -1.20. The molecule has 0 radical (unpaired) electrons. The fraction of sp³-hybridized carbons (Fsp3) is 0. The maximum Gasteiger partial charge on any atom is 0.329 e. The van der Waals surface area contributed by atoms with Gasteiger partial charge in [0.2, 0.25) is 0 Å². The van der Waals surface area contributed by atoms with E-state index in [0.29, 0.717) is 0 Å². The van der Waals surface area contributed by atoms with E-state index in [-0.39, 0.29) is 11.4 Å². The molecular weight excluding hydrogens is 242 g/mol. The van der Waals surface area contributed by atoms with Crippen LogP contribution in [0.2, 0.25) is 0 Å². The molecule has 1 aromatic carbocycles. The molecule has 0 bridgehead atoms. The first-order chi connectivity index (χ1) is 8.49. The van der Waals surface area contributed by atoms with Gasteiger partial charge in [-0.05, 0) is 6.07 Å². The third-order valence-corrected chi connectivity index (χ3v) is 1.76. The number of non-ortho nitro benzene ring substituents is 1. The summed E-state index contributed by atoms with van der Waals surface area (Å²) < 4.78 is 0. The second-order valence-electron chi connectivity index (χ2n) is 3.08. The largest absolute Gasteiger partial charge is 0.478 e. The van der Waals surface area contributed by atoms with Crippen LogP contribution in [0.3, 0.4) is 0 Å². The predicted molar refractivity (Wildman–Crippen MR) is 62.0 cm³/mol. The fourth-order valence-corrected chi connectivity index (χ4v) is 1.05. The van der Waals surface area contributed by atoms with E-state index in [0.717, 1.165) is 12.3 Å². The van der Waals surface area contributed by atoms with Crippen LogP contribution in [0.15, 0.2) is 36.5 Å². The number of carboxylic acid groups (broad SMARTS) is 1. The number of hydrogen-bond donors (Lipinski definition) is 3. The van der Waals surface area contributed by atoms with Crippen molar-refractivity contribution in [3.63, 3.8) is 0 Å². The van der Waals surface area contributed by atoms with Gasteiger partial charge in [-0.2, -0.15) is 0 Å².